The Balaban J connectivity index is 1.86. The molecule has 2 heterocycles. The number of nitrogens with one attached hydrogen (secondary N) is 2. The zero-order valence-electron chi connectivity index (χ0n) is 22.1. The number of carbonyl (C=O) groups is 2. The predicted octanol–water partition coefficient (Wildman–Crippen LogP) is 2.92. The number of ether oxygens (including phenoxy) is 2. The van der Waals surface area contributed by atoms with E-state index in [0.717, 1.165) is 17.5 Å². The Morgan fingerprint density at radius 1 is 1.22 bits per heavy atom. The lowest BCUT2D eigenvalue weighted by Gasteiger charge is -2.33. The van der Waals surface area contributed by atoms with Crippen LogP contribution in [0.4, 0.5) is 0 Å². The Morgan fingerprint density at radius 2 is 1.94 bits per heavy atom. The molecule has 1 aliphatic heterocycles. The summed E-state index contributed by atoms with van der Waals surface area (Å²) in [5.41, 5.74) is 1.65. The number of amides is 2. The number of hydrogen-bond donors (Lipinski definition) is 3. The molecule has 1 aromatic carbocycles. The summed E-state index contributed by atoms with van der Waals surface area (Å²) >= 11 is 0. The van der Waals surface area contributed by atoms with Crippen LogP contribution in [0.2, 0.25) is 0 Å². The zero-order chi connectivity index (χ0) is 26.6. The molecule has 198 valence electrons. The molecule has 0 bridgehead atoms. The van der Waals surface area contributed by atoms with Crippen molar-refractivity contribution in [3.8, 4) is 11.5 Å². The Morgan fingerprint density at radius 3 is 2.61 bits per heavy atom. The Kier molecular flexibility index (Phi) is 8.66. The standard InChI is InChI=1S/C27H38N2O7/c1-15(2)12-19(25(32)28-10-7-11-30)29-22(31)14-34-21-13-20-18(8-9-27(5,6)36-20)24-23(21)16(3)17(4)26(33)35-24/h13,15,19,30H,7-12,14H2,1-6H3,(H,28,32)(H,29,31)/t19-/m1/s1. The van der Waals surface area contributed by atoms with Crippen LogP contribution in [-0.4, -0.2) is 48.3 Å². The Hall–Kier alpha value is -3.07. The molecule has 0 saturated heterocycles. The van der Waals surface area contributed by atoms with Gasteiger partial charge in [-0.15, -0.1) is 0 Å². The van der Waals surface area contributed by atoms with Crippen molar-refractivity contribution in [3.05, 3.63) is 33.2 Å². The number of benzene rings is 1. The monoisotopic (exact) mass is 502 g/mol. The third kappa shape index (κ3) is 6.37. The molecule has 9 heteroatoms. The molecule has 0 aliphatic carbocycles. The molecule has 2 amide bonds. The third-order valence-corrected chi connectivity index (χ3v) is 6.46. The predicted molar refractivity (Wildman–Crippen MR) is 137 cm³/mol. The van der Waals surface area contributed by atoms with Gasteiger partial charge < -0.3 is 29.6 Å². The molecule has 1 atom stereocenters. The number of aryl methyl sites for hydroxylation is 2. The largest absolute Gasteiger partial charge is 0.487 e. The highest BCUT2D eigenvalue weighted by molar-refractivity contribution is 5.93. The summed E-state index contributed by atoms with van der Waals surface area (Å²) in [6, 6.07) is 1.04. The van der Waals surface area contributed by atoms with E-state index in [1.165, 1.54) is 0 Å². The fraction of sp³-hybridized carbons (Fsp3) is 0.593. The van der Waals surface area contributed by atoms with E-state index < -0.39 is 17.6 Å². The second-order valence-corrected chi connectivity index (χ2v) is 10.5. The van der Waals surface area contributed by atoms with Crippen LogP contribution in [0.1, 0.15) is 63.6 Å². The molecule has 3 N–H and O–H groups in total. The highest BCUT2D eigenvalue weighted by Crippen LogP contribution is 2.43. The molecule has 0 unspecified atom stereocenters. The van der Waals surface area contributed by atoms with Crippen molar-refractivity contribution in [2.45, 2.75) is 78.9 Å². The average Bonchev–Trinajstić information content (AvgIpc) is 2.79. The van der Waals surface area contributed by atoms with Crippen molar-refractivity contribution in [3.63, 3.8) is 0 Å². The van der Waals surface area contributed by atoms with Crippen LogP contribution in [0.3, 0.4) is 0 Å². The molecule has 0 saturated carbocycles. The normalized spacial score (nSPS) is 15.2. The van der Waals surface area contributed by atoms with Gasteiger partial charge in [0.1, 0.15) is 28.7 Å². The minimum atomic E-state index is -0.716. The number of fused-ring (bicyclic) bond motifs is 3. The van der Waals surface area contributed by atoms with Crippen LogP contribution in [0, 0.1) is 19.8 Å². The summed E-state index contributed by atoms with van der Waals surface area (Å²) in [7, 11) is 0. The van der Waals surface area contributed by atoms with Gasteiger partial charge in [-0.2, -0.15) is 0 Å². The number of aliphatic hydroxyl groups is 1. The van der Waals surface area contributed by atoms with Gasteiger partial charge in [0.25, 0.3) is 5.91 Å². The van der Waals surface area contributed by atoms with E-state index in [1.54, 1.807) is 13.0 Å². The quantitative estimate of drug-likeness (QED) is 0.337. The summed E-state index contributed by atoms with van der Waals surface area (Å²) in [5.74, 6) is 0.388. The molecule has 1 aromatic heterocycles. The number of carbonyl (C=O) groups excluding carboxylic acids is 2. The van der Waals surface area contributed by atoms with Crippen LogP contribution < -0.4 is 25.7 Å². The van der Waals surface area contributed by atoms with Gasteiger partial charge in [-0.3, -0.25) is 9.59 Å². The van der Waals surface area contributed by atoms with Crippen LogP contribution in [0.5, 0.6) is 11.5 Å². The molecule has 0 spiro atoms. The van der Waals surface area contributed by atoms with Gasteiger partial charge >= 0.3 is 5.63 Å². The van der Waals surface area contributed by atoms with E-state index in [0.29, 0.717) is 53.8 Å². The molecule has 1 aliphatic rings. The maximum Gasteiger partial charge on any atom is 0.339 e. The first-order valence-electron chi connectivity index (χ1n) is 12.5. The van der Waals surface area contributed by atoms with Gasteiger partial charge in [-0.05, 0) is 64.9 Å². The summed E-state index contributed by atoms with van der Waals surface area (Å²) in [6.45, 7) is 11.4. The van der Waals surface area contributed by atoms with Gasteiger partial charge in [0.05, 0.1) is 5.39 Å². The smallest absolute Gasteiger partial charge is 0.339 e. The Bertz CT molecular complexity index is 1180. The number of aliphatic hydroxyl groups excluding tert-OH is 1. The first-order valence-corrected chi connectivity index (χ1v) is 12.5. The van der Waals surface area contributed by atoms with Gasteiger partial charge in [-0.1, -0.05) is 13.8 Å². The topological polar surface area (TPSA) is 127 Å². The first-order chi connectivity index (χ1) is 16.9. The van der Waals surface area contributed by atoms with Crippen molar-refractivity contribution in [2.24, 2.45) is 5.92 Å². The zero-order valence-corrected chi connectivity index (χ0v) is 22.1. The molecule has 0 radical (unpaired) electrons. The molecule has 9 nitrogen and oxygen atoms in total. The molecule has 2 aromatic rings. The first kappa shape index (κ1) is 27.5. The lowest BCUT2D eigenvalue weighted by atomic mass is 9.92. The minimum Gasteiger partial charge on any atom is -0.487 e. The van der Waals surface area contributed by atoms with E-state index >= 15 is 0 Å². The van der Waals surface area contributed by atoms with Crippen LogP contribution in [0.25, 0.3) is 11.0 Å². The SMILES string of the molecule is Cc1c(C)c2c(OCC(=O)N[C@H](CC(C)C)C(=O)NCCCO)cc3c(c2oc1=O)CCC(C)(C)O3. The molecule has 3 rings (SSSR count). The van der Waals surface area contributed by atoms with Crippen LogP contribution in [-0.2, 0) is 16.0 Å². The van der Waals surface area contributed by atoms with E-state index in [9.17, 15) is 14.4 Å². The van der Waals surface area contributed by atoms with Crippen molar-refractivity contribution >= 4 is 22.8 Å². The molecule has 0 fully saturated rings. The van der Waals surface area contributed by atoms with Crippen molar-refractivity contribution in [1.29, 1.82) is 0 Å². The highest BCUT2D eigenvalue weighted by atomic mass is 16.5. The molecular formula is C27H38N2O7. The number of hydrogen-bond acceptors (Lipinski definition) is 7. The number of rotatable bonds is 10. The van der Waals surface area contributed by atoms with E-state index in [2.05, 4.69) is 10.6 Å². The van der Waals surface area contributed by atoms with Gasteiger partial charge in [0.15, 0.2) is 6.61 Å². The molecular weight excluding hydrogens is 464 g/mol. The maximum atomic E-state index is 12.8. The van der Waals surface area contributed by atoms with Crippen molar-refractivity contribution < 1.29 is 28.6 Å². The lowest BCUT2D eigenvalue weighted by molar-refractivity contribution is -0.130. The fourth-order valence-corrected chi connectivity index (χ4v) is 4.34. The second-order valence-electron chi connectivity index (χ2n) is 10.5. The highest BCUT2D eigenvalue weighted by Gasteiger charge is 2.31. The lowest BCUT2D eigenvalue weighted by Crippen LogP contribution is -2.49. The van der Waals surface area contributed by atoms with Gasteiger partial charge in [-0.25, -0.2) is 4.79 Å². The minimum absolute atomic E-state index is 0.0238. The summed E-state index contributed by atoms with van der Waals surface area (Å²) in [4.78, 5) is 37.8. The van der Waals surface area contributed by atoms with Gasteiger partial charge in [0, 0.05) is 30.3 Å². The van der Waals surface area contributed by atoms with Gasteiger partial charge in [0.2, 0.25) is 5.91 Å². The van der Waals surface area contributed by atoms with E-state index in [-0.39, 0.29) is 30.6 Å². The van der Waals surface area contributed by atoms with Crippen LogP contribution >= 0.6 is 0 Å². The second kappa shape index (κ2) is 11.3. The molecule has 36 heavy (non-hydrogen) atoms. The van der Waals surface area contributed by atoms with E-state index in [4.69, 9.17) is 19.0 Å². The van der Waals surface area contributed by atoms with Crippen molar-refractivity contribution in [1.82, 2.24) is 10.6 Å². The van der Waals surface area contributed by atoms with E-state index in [1.807, 2.05) is 34.6 Å². The average molecular weight is 503 g/mol. The summed E-state index contributed by atoms with van der Waals surface area (Å²) in [6.07, 6.45) is 2.36. The summed E-state index contributed by atoms with van der Waals surface area (Å²) < 4.78 is 17.8. The van der Waals surface area contributed by atoms with Crippen molar-refractivity contribution in [2.75, 3.05) is 19.8 Å². The maximum absolute atomic E-state index is 12.8. The Labute approximate surface area is 211 Å². The third-order valence-electron chi connectivity index (χ3n) is 6.46. The van der Waals surface area contributed by atoms with Crippen LogP contribution in [0.15, 0.2) is 15.3 Å². The fourth-order valence-electron chi connectivity index (χ4n) is 4.34. The summed E-state index contributed by atoms with van der Waals surface area (Å²) in [5, 5.41) is 15.1.